The summed E-state index contributed by atoms with van der Waals surface area (Å²) in [5.41, 5.74) is 8.39. The van der Waals surface area contributed by atoms with E-state index in [0.29, 0.717) is 0 Å². The fraction of sp³-hybridized carbons (Fsp3) is 0.0667. The van der Waals surface area contributed by atoms with E-state index in [2.05, 4.69) is 43.3 Å². The lowest BCUT2D eigenvalue weighted by Crippen LogP contribution is -1.91. The Morgan fingerprint density at radius 3 is 2.50 bits per heavy atom. The van der Waals surface area contributed by atoms with E-state index in [1.807, 2.05) is 12.1 Å². The van der Waals surface area contributed by atoms with Crippen LogP contribution in [0.5, 0.6) is 0 Å². The smallest absolute Gasteiger partial charge is 0.0476 e. The van der Waals surface area contributed by atoms with Crippen LogP contribution in [0.3, 0.4) is 0 Å². The molecule has 0 spiro atoms. The van der Waals surface area contributed by atoms with Crippen molar-refractivity contribution in [3.05, 3.63) is 54.1 Å². The van der Waals surface area contributed by atoms with Crippen molar-refractivity contribution in [1.82, 2.24) is 0 Å². The average molecular weight is 207 g/mol. The highest BCUT2D eigenvalue weighted by atomic mass is 14.6. The molecule has 3 aromatic rings. The minimum atomic E-state index is 0.895. The number of nitrogens with two attached hydrogens (primary N) is 1. The third kappa shape index (κ3) is 1.18. The van der Waals surface area contributed by atoms with E-state index in [0.717, 1.165) is 11.1 Å². The topological polar surface area (TPSA) is 26.0 Å². The highest BCUT2D eigenvalue weighted by molar-refractivity contribution is 6.11. The molecule has 0 aliphatic carbocycles. The molecular formula is C15H13N. The van der Waals surface area contributed by atoms with Crippen LogP contribution in [-0.2, 0) is 0 Å². The third-order valence-electron chi connectivity index (χ3n) is 3.14. The van der Waals surface area contributed by atoms with Gasteiger partial charge in [-0.05, 0) is 29.3 Å². The van der Waals surface area contributed by atoms with Gasteiger partial charge in [0.1, 0.15) is 0 Å². The molecule has 0 aliphatic heterocycles. The molecule has 0 bridgehead atoms. The lowest BCUT2D eigenvalue weighted by Gasteiger charge is -2.09. The molecule has 0 unspecified atom stereocenters. The van der Waals surface area contributed by atoms with E-state index in [1.165, 1.54) is 21.7 Å². The first-order chi connectivity index (χ1) is 7.77. The molecule has 3 aromatic carbocycles. The Labute approximate surface area is 94.5 Å². The van der Waals surface area contributed by atoms with Gasteiger partial charge in [0.05, 0.1) is 0 Å². The molecule has 0 aromatic heterocycles. The van der Waals surface area contributed by atoms with Gasteiger partial charge in [-0.25, -0.2) is 0 Å². The number of hydrogen-bond acceptors (Lipinski definition) is 1. The number of fused-ring (bicyclic) bond motifs is 2. The fourth-order valence-corrected chi connectivity index (χ4v) is 2.35. The Morgan fingerprint density at radius 2 is 1.62 bits per heavy atom. The van der Waals surface area contributed by atoms with Crippen LogP contribution in [0.1, 0.15) is 5.56 Å². The maximum atomic E-state index is 6.26. The molecule has 0 fully saturated rings. The van der Waals surface area contributed by atoms with Crippen LogP contribution in [0.25, 0.3) is 21.5 Å². The molecule has 0 aliphatic rings. The van der Waals surface area contributed by atoms with E-state index in [4.69, 9.17) is 5.73 Å². The molecule has 0 amide bonds. The van der Waals surface area contributed by atoms with Gasteiger partial charge in [0.25, 0.3) is 0 Å². The van der Waals surface area contributed by atoms with E-state index in [-0.39, 0.29) is 0 Å². The van der Waals surface area contributed by atoms with Crippen molar-refractivity contribution in [2.24, 2.45) is 0 Å². The molecule has 0 saturated heterocycles. The maximum Gasteiger partial charge on any atom is 0.0476 e. The Balaban J connectivity index is 2.62. The number of nitrogen functional groups attached to an aromatic ring is 1. The van der Waals surface area contributed by atoms with Gasteiger partial charge in [0, 0.05) is 16.5 Å². The summed E-state index contributed by atoms with van der Waals surface area (Å²) in [7, 11) is 0. The first-order valence-corrected chi connectivity index (χ1v) is 5.44. The number of rotatable bonds is 0. The molecule has 78 valence electrons. The Morgan fingerprint density at radius 1 is 0.875 bits per heavy atom. The van der Waals surface area contributed by atoms with Gasteiger partial charge in [-0.15, -0.1) is 0 Å². The number of aryl methyl sites for hydroxylation is 1. The predicted octanol–water partition coefficient (Wildman–Crippen LogP) is 3.88. The van der Waals surface area contributed by atoms with Gasteiger partial charge < -0.3 is 5.73 Å². The van der Waals surface area contributed by atoms with Gasteiger partial charge in [0.15, 0.2) is 0 Å². The standard InChI is InChI=1S/C15H13N/c1-10-5-4-7-12-9-11-6-2-3-8-13(11)15(16)14(10)12/h2-9H,16H2,1H3. The molecular weight excluding hydrogens is 194 g/mol. The zero-order valence-electron chi connectivity index (χ0n) is 9.20. The summed E-state index contributed by atoms with van der Waals surface area (Å²) >= 11 is 0. The highest BCUT2D eigenvalue weighted by Gasteiger charge is 2.05. The van der Waals surface area contributed by atoms with Gasteiger partial charge in [-0.3, -0.25) is 0 Å². The summed E-state index contributed by atoms with van der Waals surface area (Å²) in [6.07, 6.45) is 0. The third-order valence-corrected chi connectivity index (χ3v) is 3.14. The van der Waals surface area contributed by atoms with Crippen molar-refractivity contribution in [1.29, 1.82) is 0 Å². The SMILES string of the molecule is Cc1cccc2cc3ccccc3c(N)c12. The average Bonchev–Trinajstić information content (AvgIpc) is 2.29. The van der Waals surface area contributed by atoms with E-state index >= 15 is 0 Å². The van der Waals surface area contributed by atoms with Crippen molar-refractivity contribution in [3.8, 4) is 0 Å². The van der Waals surface area contributed by atoms with Crippen molar-refractivity contribution in [3.63, 3.8) is 0 Å². The molecule has 0 saturated carbocycles. The first-order valence-electron chi connectivity index (χ1n) is 5.44. The van der Waals surface area contributed by atoms with E-state index < -0.39 is 0 Å². The molecule has 2 N–H and O–H groups in total. The molecule has 0 radical (unpaired) electrons. The van der Waals surface area contributed by atoms with Gasteiger partial charge >= 0.3 is 0 Å². The summed E-state index contributed by atoms with van der Waals surface area (Å²) in [5.74, 6) is 0. The summed E-state index contributed by atoms with van der Waals surface area (Å²) in [6, 6.07) is 16.8. The van der Waals surface area contributed by atoms with Gasteiger partial charge in [0.2, 0.25) is 0 Å². The second-order valence-corrected chi connectivity index (χ2v) is 4.18. The number of anilines is 1. The summed E-state index contributed by atoms with van der Waals surface area (Å²) in [5, 5.41) is 4.75. The second-order valence-electron chi connectivity index (χ2n) is 4.18. The van der Waals surface area contributed by atoms with Crippen molar-refractivity contribution >= 4 is 27.2 Å². The van der Waals surface area contributed by atoms with Gasteiger partial charge in [-0.1, -0.05) is 42.5 Å². The van der Waals surface area contributed by atoms with E-state index in [9.17, 15) is 0 Å². The van der Waals surface area contributed by atoms with Crippen molar-refractivity contribution in [2.75, 3.05) is 5.73 Å². The first kappa shape index (κ1) is 9.22. The maximum absolute atomic E-state index is 6.26. The number of hydrogen-bond donors (Lipinski definition) is 1. The molecule has 16 heavy (non-hydrogen) atoms. The minimum Gasteiger partial charge on any atom is -0.398 e. The van der Waals surface area contributed by atoms with Gasteiger partial charge in [-0.2, -0.15) is 0 Å². The lowest BCUT2D eigenvalue weighted by atomic mass is 9.98. The minimum absolute atomic E-state index is 0.895. The molecule has 3 rings (SSSR count). The normalized spacial score (nSPS) is 11.1. The largest absolute Gasteiger partial charge is 0.398 e. The Kier molecular flexibility index (Phi) is 1.87. The van der Waals surface area contributed by atoms with Crippen LogP contribution in [0.4, 0.5) is 5.69 Å². The van der Waals surface area contributed by atoms with Crippen LogP contribution in [0.2, 0.25) is 0 Å². The van der Waals surface area contributed by atoms with Crippen LogP contribution < -0.4 is 5.73 Å². The van der Waals surface area contributed by atoms with Crippen LogP contribution >= 0.6 is 0 Å². The molecule has 0 atom stereocenters. The zero-order chi connectivity index (χ0) is 11.1. The van der Waals surface area contributed by atoms with E-state index in [1.54, 1.807) is 0 Å². The summed E-state index contributed by atoms with van der Waals surface area (Å²) < 4.78 is 0. The predicted molar refractivity (Wildman–Crippen MR) is 70.6 cm³/mol. The van der Waals surface area contributed by atoms with Crippen molar-refractivity contribution < 1.29 is 0 Å². The Bertz CT molecular complexity index is 683. The van der Waals surface area contributed by atoms with Crippen molar-refractivity contribution in [2.45, 2.75) is 6.92 Å². The number of benzene rings is 3. The summed E-state index contributed by atoms with van der Waals surface area (Å²) in [4.78, 5) is 0. The van der Waals surface area contributed by atoms with Crippen LogP contribution in [0.15, 0.2) is 48.5 Å². The quantitative estimate of drug-likeness (QED) is 0.439. The molecule has 1 nitrogen and oxygen atoms in total. The van der Waals surface area contributed by atoms with Crippen LogP contribution in [0, 0.1) is 6.92 Å². The monoisotopic (exact) mass is 207 g/mol. The lowest BCUT2D eigenvalue weighted by molar-refractivity contribution is 1.54. The highest BCUT2D eigenvalue weighted by Crippen LogP contribution is 2.32. The van der Waals surface area contributed by atoms with Crippen LogP contribution in [-0.4, -0.2) is 0 Å². The summed E-state index contributed by atoms with van der Waals surface area (Å²) in [6.45, 7) is 2.10. The fourth-order valence-electron chi connectivity index (χ4n) is 2.35. The molecule has 0 heterocycles. The Hall–Kier alpha value is -2.02. The zero-order valence-corrected chi connectivity index (χ0v) is 9.20. The second kappa shape index (κ2) is 3.24. The molecule has 1 heteroatoms.